The van der Waals surface area contributed by atoms with Gasteiger partial charge in [-0.2, -0.15) is 0 Å². The van der Waals surface area contributed by atoms with E-state index in [1.54, 1.807) is 37.6 Å². The van der Waals surface area contributed by atoms with Crippen LogP contribution in [0.5, 0.6) is 0 Å². The van der Waals surface area contributed by atoms with Gasteiger partial charge in [-0.1, -0.05) is 60.1 Å². The van der Waals surface area contributed by atoms with Crippen molar-refractivity contribution in [2.24, 2.45) is 16.7 Å². The number of aromatic nitrogens is 2. The number of nitrogens with zero attached hydrogens (tertiary/aromatic N) is 3. The monoisotopic (exact) mass is 754 g/mol. The minimum absolute atomic E-state index is 0.0420. The first kappa shape index (κ1) is 38.3. The van der Waals surface area contributed by atoms with Crippen molar-refractivity contribution in [1.29, 1.82) is 0 Å². The number of fused-ring (bicyclic) bond motifs is 3. The van der Waals surface area contributed by atoms with Gasteiger partial charge in [0.05, 0.1) is 18.4 Å². The van der Waals surface area contributed by atoms with Crippen molar-refractivity contribution in [3.8, 4) is 0 Å². The van der Waals surface area contributed by atoms with Gasteiger partial charge < -0.3 is 29.4 Å². The van der Waals surface area contributed by atoms with E-state index in [9.17, 15) is 32.4 Å². The number of sulfonamides is 1. The van der Waals surface area contributed by atoms with E-state index in [2.05, 4.69) is 20.3 Å². The highest BCUT2D eigenvalue weighted by molar-refractivity contribution is 7.91. The van der Waals surface area contributed by atoms with Crippen molar-refractivity contribution in [1.82, 2.24) is 29.6 Å². The summed E-state index contributed by atoms with van der Waals surface area (Å²) in [5.74, 6) is -3.20. The second-order valence-electron chi connectivity index (χ2n) is 16.7. The molecule has 0 spiro atoms. The maximum atomic E-state index is 14.5. The Labute approximate surface area is 309 Å². The number of esters is 1. The average molecular weight is 755 g/mol. The predicted octanol–water partition coefficient (Wildman–Crippen LogP) is 3.33. The minimum Gasteiger partial charge on any atom is -0.456 e. The first-order chi connectivity index (χ1) is 24.8. The molecule has 0 aromatic carbocycles. The van der Waals surface area contributed by atoms with E-state index in [1.165, 1.54) is 4.90 Å². The summed E-state index contributed by atoms with van der Waals surface area (Å²) in [6.07, 6.45) is 8.38. The van der Waals surface area contributed by atoms with Gasteiger partial charge in [0.1, 0.15) is 29.4 Å². The third-order valence-corrected chi connectivity index (χ3v) is 12.5. The molecule has 15 nitrogen and oxygen atoms in total. The number of nitrogens with one attached hydrogen (secondary N) is 3. The summed E-state index contributed by atoms with van der Waals surface area (Å²) in [6, 6.07) is 1.34. The van der Waals surface area contributed by atoms with Gasteiger partial charge in [0, 0.05) is 24.4 Å². The topological polar surface area (TPSA) is 195 Å². The Hall–Kier alpha value is -4.47. The normalized spacial score (nSPS) is 28.2. The molecule has 0 unspecified atom stereocenters. The quantitative estimate of drug-likeness (QED) is 0.369. The lowest BCUT2D eigenvalue weighted by atomic mass is 9.85. The number of allylic oxidation sites excluding steroid dienone is 1. The number of rotatable bonds is 6. The Morgan fingerprint density at radius 3 is 2.55 bits per heavy atom. The summed E-state index contributed by atoms with van der Waals surface area (Å²) >= 11 is 0. The molecule has 53 heavy (non-hydrogen) atoms. The molecule has 4 bridgehead atoms. The summed E-state index contributed by atoms with van der Waals surface area (Å²) in [4.78, 5) is 74.8. The molecule has 4 heterocycles. The van der Waals surface area contributed by atoms with Crippen molar-refractivity contribution >= 4 is 51.5 Å². The third-order valence-electron chi connectivity index (χ3n) is 10.6. The van der Waals surface area contributed by atoms with Crippen molar-refractivity contribution in [3.05, 3.63) is 41.9 Å². The molecule has 3 fully saturated rings. The molecule has 2 aliphatic carbocycles. The Kier molecular flexibility index (Phi) is 10.2. The summed E-state index contributed by atoms with van der Waals surface area (Å²) in [5.41, 5.74) is -1.36. The van der Waals surface area contributed by atoms with Gasteiger partial charge >= 0.3 is 12.1 Å². The van der Waals surface area contributed by atoms with E-state index in [4.69, 9.17) is 9.47 Å². The van der Waals surface area contributed by atoms with Crippen molar-refractivity contribution in [3.63, 3.8) is 0 Å². The molecule has 2 aromatic heterocycles. The SMILES string of the molecule is CC[C@@H]1C[C@]1(NC(=O)[C@@H]1C[C@@H]2CN1C(=O)[C@H](C(C)(C)C)NC(=O)OCC(C)(C)CCC=Cc1cccn3cc(nc13)C(=O)O2)C(=O)NS(=O)(=O)C1CC1. The zero-order chi connectivity index (χ0) is 38.5. The zero-order valence-corrected chi connectivity index (χ0v) is 32.0. The molecule has 4 amide bonds. The molecule has 3 N–H and O–H groups in total. The molecule has 2 aliphatic heterocycles. The zero-order valence-electron chi connectivity index (χ0n) is 31.1. The van der Waals surface area contributed by atoms with Crippen LogP contribution in [0.3, 0.4) is 0 Å². The lowest BCUT2D eigenvalue weighted by Gasteiger charge is -2.35. The van der Waals surface area contributed by atoms with Gasteiger partial charge in [-0.05, 0) is 61.0 Å². The number of ether oxygens (including phenoxy) is 2. The van der Waals surface area contributed by atoms with E-state index in [-0.39, 0.29) is 37.6 Å². The molecular weight excluding hydrogens is 705 g/mol. The minimum atomic E-state index is -3.89. The number of imidazole rings is 1. The number of carbonyl (C=O) groups is 5. The Morgan fingerprint density at radius 2 is 1.89 bits per heavy atom. The summed E-state index contributed by atoms with van der Waals surface area (Å²) in [5, 5.41) is 4.88. The number of hydrogen-bond acceptors (Lipinski definition) is 10. The van der Waals surface area contributed by atoms with E-state index in [0.29, 0.717) is 37.8 Å². The fraction of sp³-hybridized carbons (Fsp3) is 0.622. The second kappa shape index (κ2) is 14.1. The van der Waals surface area contributed by atoms with Crippen LogP contribution < -0.4 is 15.4 Å². The second-order valence-corrected chi connectivity index (χ2v) is 18.6. The van der Waals surface area contributed by atoms with Gasteiger partial charge in [-0.25, -0.2) is 23.0 Å². The molecule has 6 rings (SSSR count). The number of pyridine rings is 1. The van der Waals surface area contributed by atoms with Crippen LogP contribution in [0, 0.1) is 16.7 Å². The van der Waals surface area contributed by atoms with Gasteiger partial charge in [-0.15, -0.1) is 0 Å². The molecule has 0 radical (unpaired) electrons. The number of alkyl carbamates (subject to hydrolysis) is 1. The number of hydrogen-bond donors (Lipinski definition) is 3. The van der Waals surface area contributed by atoms with Gasteiger partial charge in [0.25, 0.3) is 5.91 Å². The summed E-state index contributed by atoms with van der Waals surface area (Å²) in [7, 11) is -3.89. The van der Waals surface area contributed by atoms with Crippen LogP contribution >= 0.6 is 0 Å². The smallest absolute Gasteiger partial charge is 0.407 e. The van der Waals surface area contributed by atoms with Crippen LogP contribution in [0.2, 0.25) is 0 Å². The molecular formula is C37H50N6O9S. The highest BCUT2D eigenvalue weighted by Gasteiger charge is 2.62. The lowest BCUT2D eigenvalue weighted by Crippen LogP contribution is -2.60. The van der Waals surface area contributed by atoms with Crippen LogP contribution in [0.25, 0.3) is 11.7 Å². The highest BCUT2D eigenvalue weighted by Crippen LogP contribution is 2.47. The largest absolute Gasteiger partial charge is 0.456 e. The number of carbonyl (C=O) groups excluding carboxylic acids is 5. The van der Waals surface area contributed by atoms with Crippen molar-refractivity contribution in [2.45, 2.75) is 115 Å². The van der Waals surface area contributed by atoms with Crippen LogP contribution in [-0.2, 0) is 33.9 Å². The maximum absolute atomic E-state index is 14.5. The third kappa shape index (κ3) is 8.21. The fourth-order valence-corrected chi connectivity index (χ4v) is 8.50. The molecule has 1 saturated heterocycles. The molecule has 2 aromatic rings. The number of amides is 4. The van der Waals surface area contributed by atoms with E-state index in [1.807, 2.05) is 45.1 Å². The van der Waals surface area contributed by atoms with E-state index in [0.717, 1.165) is 5.56 Å². The summed E-state index contributed by atoms with van der Waals surface area (Å²) < 4.78 is 40.8. The standard InChI is InChI=1S/C37H50N6O9S/c1-7-23-18-37(23,33(47)41-53(49,50)25-13-14-25)40-30(44)27-17-24-19-43(27)31(45)28(35(2,3)4)39-34(48)51-21-36(5,6)15-9-8-11-22-12-10-16-42-20-26(32(46)52-24)38-29(22)42/h8,10-12,16,20,23-25,27-28H,7,9,13-15,17-19,21H2,1-6H3,(H,39,48)(H,40,44)(H,41,47)/t23-,24-,27+,28-,37-/m1/s1. The van der Waals surface area contributed by atoms with Gasteiger partial charge in [0.2, 0.25) is 21.8 Å². The highest BCUT2D eigenvalue weighted by atomic mass is 32.2. The predicted molar refractivity (Wildman–Crippen MR) is 194 cm³/mol. The number of cyclic esters (lactones) is 1. The molecule has 2 saturated carbocycles. The van der Waals surface area contributed by atoms with Crippen molar-refractivity contribution < 1.29 is 41.9 Å². The molecule has 16 heteroatoms. The van der Waals surface area contributed by atoms with Gasteiger partial charge in [0.15, 0.2) is 5.69 Å². The van der Waals surface area contributed by atoms with Crippen LogP contribution in [0.15, 0.2) is 30.6 Å². The van der Waals surface area contributed by atoms with E-state index >= 15 is 0 Å². The van der Waals surface area contributed by atoms with Crippen LogP contribution in [-0.4, -0.2) is 94.6 Å². The lowest BCUT2D eigenvalue weighted by molar-refractivity contribution is -0.143. The summed E-state index contributed by atoms with van der Waals surface area (Å²) in [6.45, 7) is 11.0. The van der Waals surface area contributed by atoms with E-state index < -0.39 is 79.6 Å². The first-order valence-corrected chi connectivity index (χ1v) is 19.9. The van der Waals surface area contributed by atoms with Gasteiger partial charge in [-0.3, -0.25) is 19.1 Å². The Bertz CT molecular complexity index is 1950. The van der Waals surface area contributed by atoms with Crippen molar-refractivity contribution in [2.75, 3.05) is 13.2 Å². The fourth-order valence-electron chi connectivity index (χ4n) is 7.14. The molecule has 288 valence electrons. The Balaban J connectivity index is 1.32. The maximum Gasteiger partial charge on any atom is 0.407 e. The molecule has 5 atom stereocenters. The van der Waals surface area contributed by atoms with Crippen LogP contribution in [0.4, 0.5) is 4.79 Å². The average Bonchev–Trinajstić information content (AvgIpc) is 3.97. The molecule has 4 aliphatic rings. The van der Waals surface area contributed by atoms with Crippen LogP contribution in [0.1, 0.15) is 103 Å². The Morgan fingerprint density at radius 1 is 1.15 bits per heavy atom. The first-order valence-electron chi connectivity index (χ1n) is 18.3.